The first-order valence-corrected chi connectivity index (χ1v) is 17.6. The number of aliphatic hydroxyl groups is 2. The molecule has 294 valence electrons. The number of carbonyl (C=O) groups is 5. The van der Waals surface area contributed by atoms with Gasteiger partial charge >= 0.3 is 43.4 Å². The van der Waals surface area contributed by atoms with E-state index >= 15 is 0 Å². The Balaban J connectivity index is 2.56. The molecule has 4 atom stereocenters. The van der Waals surface area contributed by atoms with Crippen LogP contribution in [0.15, 0.2) is 15.8 Å². The van der Waals surface area contributed by atoms with Crippen LogP contribution in [0, 0.1) is 17.8 Å². The summed E-state index contributed by atoms with van der Waals surface area (Å²) < 4.78 is 62.2. The fraction of sp³-hybridized carbons (Fsp3) is 0.700. The summed E-state index contributed by atoms with van der Waals surface area (Å²) in [7, 11) is -5.29. The van der Waals surface area contributed by atoms with E-state index < -0.39 is 111 Å². The average Bonchev–Trinajstić information content (AvgIpc) is 3.46. The number of rotatable bonds is 21. The molecule has 0 bridgehead atoms. The molecule has 0 radical (unpaired) electrons. The smallest absolute Gasteiger partial charge is 0.465 e. The Kier molecular flexibility index (Phi) is 16.8. The van der Waals surface area contributed by atoms with Crippen molar-refractivity contribution in [1.29, 1.82) is 0 Å². The second kappa shape index (κ2) is 19.7. The summed E-state index contributed by atoms with van der Waals surface area (Å²) in [5.74, 6) is -6.29. The van der Waals surface area contributed by atoms with Gasteiger partial charge in [0.1, 0.15) is 18.9 Å². The maximum absolute atomic E-state index is 14.3. The standard InChI is InChI=1S/C30H45N2O19P/c1-7-43-24(37)29(14-33,25(38)44-8-2)16-49-52(42,50-17-30(15-47-19(6)34,26(39)45-9-3)27(40)46-10-4)48-13-21-20(35)11-22(51-21)32-12-18(5)23(36)31-28(32)41/h12,20-22,33,35H,7-11,13-17H2,1-6H3,(H,31,36,41)/t20-,21+,22+,52?/m0/s1. The highest BCUT2D eigenvalue weighted by Gasteiger charge is 2.55. The summed E-state index contributed by atoms with van der Waals surface area (Å²) in [6.07, 6.45) is -2.93. The van der Waals surface area contributed by atoms with E-state index in [4.69, 9.17) is 42.0 Å². The van der Waals surface area contributed by atoms with Crippen LogP contribution in [-0.2, 0) is 70.5 Å². The van der Waals surface area contributed by atoms with Gasteiger partial charge in [-0.15, -0.1) is 0 Å². The molecule has 1 aliphatic rings. The Morgan fingerprint density at radius 1 is 0.846 bits per heavy atom. The van der Waals surface area contributed by atoms with E-state index in [2.05, 4.69) is 4.98 Å². The number of aliphatic hydroxyl groups excluding tert-OH is 2. The highest BCUT2D eigenvalue weighted by Crippen LogP contribution is 2.53. The fourth-order valence-electron chi connectivity index (χ4n) is 4.53. The highest BCUT2D eigenvalue weighted by atomic mass is 31.2. The highest BCUT2D eigenvalue weighted by molar-refractivity contribution is 7.48. The lowest BCUT2D eigenvalue weighted by atomic mass is 9.90. The molecule has 2 heterocycles. The summed E-state index contributed by atoms with van der Waals surface area (Å²) in [4.78, 5) is 90.5. The van der Waals surface area contributed by atoms with Crippen molar-refractivity contribution in [3.05, 3.63) is 32.6 Å². The Bertz CT molecular complexity index is 1550. The first kappa shape index (κ1) is 44.2. The number of aryl methyl sites for hydroxylation is 1. The Hall–Kier alpha value is -3.98. The van der Waals surface area contributed by atoms with Crippen LogP contribution in [-0.4, -0.2) is 121 Å². The summed E-state index contributed by atoms with van der Waals surface area (Å²) >= 11 is 0. The van der Waals surface area contributed by atoms with Gasteiger partial charge in [-0.1, -0.05) is 0 Å². The van der Waals surface area contributed by atoms with E-state index in [1.165, 1.54) is 40.8 Å². The van der Waals surface area contributed by atoms with Crippen LogP contribution < -0.4 is 11.2 Å². The number of carbonyl (C=O) groups excluding carboxylic acids is 5. The molecule has 3 N–H and O–H groups in total. The predicted molar refractivity (Wildman–Crippen MR) is 171 cm³/mol. The third kappa shape index (κ3) is 10.8. The zero-order valence-corrected chi connectivity index (χ0v) is 30.5. The molecule has 0 spiro atoms. The Labute approximate surface area is 297 Å². The van der Waals surface area contributed by atoms with Gasteiger partial charge in [0.25, 0.3) is 5.56 Å². The van der Waals surface area contributed by atoms with Crippen LogP contribution in [0.4, 0.5) is 0 Å². The van der Waals surface area contributed by atoms with Crippen LogP contribution in [0.2, 0.25) is 0 Å². The van der Waals surface area contributed by atoms with Crippen LogP contribution in [0.3, 0.4) is 0 Å². The van der Waals surface area contributed by atoms with Crippen molar-refractivity contribution < 1.29 is 80.7 Å². The number of phosphoric ester groups is 1. The summed E-state index contributed by atoms with van der Waals surface area (Å²) in [6.45, 7) is 1.19. The largest absolute Gasteiger partial charge is 0.474 e. The minimum absolute atomic E-state index is 0.152. The minimum Gasteiger partial charge on any atom is -0.465 e. The van der Waals surface area contributed by atoms with Crippen LogP contribution in [0.1, 0.15) is 52.8 Å². The minimum atomic E-state index is -5.29. The lowest BCUT2D eigenvalue weighted by molar-refractivity contribution is -0.181. The van der Waals surface area contributed by atoms with E-state index in [9.17, 15) is 48.3 Å². The number of aromatic amines is 1. The number of nitrogens with one attached hydrogen (secondary N) is 1. The van der Waals surface area contributed by atoms with E-state index in [0.29, 0.717) is 0 Å². The van der Waals surface area contributed by atoms with Crippen molar-refractivity contribution in [3.63, 3.8) is 0 Å². The van der Waals surface area contributed by atoms with Crippen molar-refractivity contribution in [2.24, 2.45) is 10.8 Å². The number of H-pyrrole nitrogens is 1. The van der Waals surface area contributed by atoms with E-state index in [-0.39, 0.29) is 38.4 Å². The Morgan fingerprint density at radius 2 is 1.33 bits per heavy atom. The molecule has 2 rings (SSSR count). The van der Waals surface area contributed by atoms with Crippen LogP contribution in [0.25, 0.3) is 0 Å². The van der Waals surface area contributed by atoms with E-state index in [0.717, 1.165) is 11.5 Å². The Morgan fingerprint density at radius 3 is 1.79 bits per heavy atom. The van der Waals surface area contributed by atoms with Gasteiger partial charge in [-0.3, -0.25) is 51.9 Å². The summed E-state index contributed by atoms with van der Waals surface area (Å²) in [5.41, 5.74) is -6.63. The third-order valence-corrected chi connectivity index (χ3v) is 8.81. The summed E-state index contributed by atoms with van der Waals surface area (Å²) in [5, 5.41) is 21.0. The van der Waals surface area contributed by atoms with Crippen molar-refractivity contribution in [1.82, 2.24) is 9.55 Å². The van der Waals surface area contributed by atoms with Crippen molar-refractivity contribution in [2.75, 3.05) is 59.5 Å². The molecule has 22 heteroatoms. The van der Waals surface area contributed by atoms with Gasteiger partial charge in [0.15, 0.2) is 0 Å². The van der Waals surface area contributed by atoms with Crippen molar-refractivity contribution >= 4 is 37.7 Å². The molecule has 21 nitrogen and oxygen atoms in total. The topological polar surface area (TPSA) is 281 Å². The molecule has 0 saturated carbocycles. The lowest BCUT2D eigenvalue weighted by Gasteiger charge is -2.31. The van der Waals surface area contributed by atoms with E-state index in [1.54, 1.807) is 0 Å². The lowest BCUT2D eigenvalue weighted by Crippen LogP contribution is -2.50. The molecule has 0 aromatic carbocycles. The SMILES string of the molecule is CCOC(=O)C(CO)(COP(=O)(OC[C@H]1O[C@@H](n2cc(C)c(=O)[nH]c2=O)C[C@@H]1O)OCC(COC(C)=O)(C(=O)OCC)C(=O)OCC)C(=O)OCC. The molecule has 1 aromatic rings. The van der Waals surface area contributed by atoms with Crippen molar-refractivity contribution in [3.8, 4) is 0 Å². The molecule has 1 aromatic heterocycles. The zero-order valence-electron chi connectivity index (χ0n) is 29.6. The zero-order chi connectivity index (χ0) is 39.3. The van der Waals surface area contributed by atoms with Crippen molar-refractivity contribution in [2.45, 2.75) is 66.4 Å². The molecule has 1 fully saturated rings. The molecule has 0 amide bonds. The third-order valence-electron chi connectivity index (χ3n) is 7.45. The number of ether oxygens (including phenoxy) is 6. The van der Waals surface area contributed by atoms with Crippen LogP contribution in [0.5, 0.6) is 0 Å². The second-order valence-electron chi connectivity index (χ2n) is 11.2. The number of phosphoric acid groups is 1. The van der Waals surface area contributed by atoms with Gasteiger partial charge in [-0.25, -0.2) is 9.36 Å². The molecule has 1 aliphatic heterocycles. The molecule has 0 aliphatic carbocycles. The predicted octanol–water partition coefficient (Wildman–Crippen LogP) is -0.568. The number of hydrogen-bond acceptors (Lipinski definition) is 19. The fourth-order valence-corrected chi connectivity index (χ4v) is 5.84. The summed E-state index contributed by atoms with van der Waals surface area (Å²) in [6, 6.07) is 0. The number of nitrogens with zero attached hydrogens (tertiary/aromatic N) is 1. The first-order chi connectivity index (χ1) is 24.5. The molecular weight excluding hydrogens is 723 g/mol. The second-order valence-corrected chi connectivity index (χ2v) is 12.9. The number of esters is 5. The monoisotopic (exact) mass is 768 g/mol. The van der Waals surface area contributed by atoms with Gasteiger partial charge < -0.3 is 38.6 Å². The molecule has 1 unspecified atom stereocenters. The van der Waals surface area contributed by atoms with E-state index in [1.807, 2.05) is 0 Å². The maximum Gasteiger partial charge on any atom is 0.474 e. The van der Waals surface area contributed by atoms with Gasteiger partial charge in [-0.2, -0.15) is 0 Å². The van der Waals surface area contributed by atoms with Gasteiger partial charge in [0.2, 0.25) is 10.8 Å². The average molecular weight is 769 g/mol. The first-order valence-electron chi connectivity index (χ1n) is 16.1. The maximum atomic E-state index is 14.3. The normalized spacial score (nSPS) is 18.6. The molecular formula is C30H45N2O19P. The quantitative estimate of drug-likeness (QED) is 0.0611. The molecule has 52 heavy (non-hydrogen) atoms. The van der Waals surface area contributed by atoms with Gasteiger partial charge in [0.05, 0.1) is 59.0 Å². The van der Waals surface area contributed by atoms with Crippen LogP contribution >= 0.6 is 7.82 Å². The molecule has 1 saturated heterocycles. The number of aromatic nitrogens is 2. The number of hydrogen-bond donors (Lipinski definition) is 3. The van der Waals surface area contributed by atoms with Gasteiger partial charge in [0, 0.05) is 25.1 Å². The van der Waals surface area contributed by atoms with Gasteiger partial charge in [-0.05, 0) is 34.6 Å².